The molecule has 0 aromatic heterocycles. The summed E-state index contributed by atoms with van der Waals surface area (Å²) in [4.78, 5) is 0. The number of rotatable bonds is 1. The normalized spacial score (nSPS) is 44.6. The minimum Gasteiger partial charge on any atom is -0.383 e. The van der Waals surface area contributed by atoms with E-state index in [0.717, 1.165) is 32.1 Å². The van der Waals surface area contributed by atoms with Gasteiger partial charge in [-0.2, -0.15) is 22.0 Å². The topological polar surface area (TPSA) is 38.7 Å². The third-order valence-electron chi connectivity index (χ3n) is 9.84. The molecule has 0 amide bonds. The molecule has 1 saturated heterocycles. The average molecular weight is 479 g/mol. The average Bonchev–Trinajstić information content (AvgIpc) is 3.02. The summed E-state index contributed by atoms with van der Waals surface area (Å²) in [6.07, 6.45) is -0.0504. The molecule has 33 heavy (non-hydrogen) atoms. The van der Waals surface area contributed by atoms with Crippen LogP contribution in [-0.4, -0.2) is 41.8 Å². The Morgan fingerprint density at radius 3 is 2.21 bits per heavy atom. The van der Waals surface area contributed by atoms with Crippen LogP contribution in [-0.2, 0) is 9.47 Å². The first-order valence-corrected chi connectivity index (χ1v) is 12.3. The van der Waals surface area contributed by atoms with Crippen LogP contribution in [0, 0.1) is 34.5 Å². The molecule has 6 atom stereocenters. The number of hydrogen-bond acceptors (Lipinski definition) is 3. The Morgan fingerprint density at radius 1 is 0.909 bits per heavy atom. The summed E-state index contributed by atoms with van der Waals surface area (Å²) in [6.45, 7) is 6.99. The van der Waals surface area contributed by atoms with Crippen molar-refractivity contribution in [2.75, 3.05) is 13.2 Å². The summed E-state index contributed by atoms with van der Waals surface area (Å²) in [6, 6.07) is 0. The van der Waals surface area contributed by atoms with Crippen LogP contribution < -0.4 is 0 Å². The summed E-state index contributed by atoms with van der Waals surface area (Å²) >= 11 is 0. The highest BCUT2D eigenvalue weighted by Gasteiger charge is 2.78. The minimum absolute atomic E-state index is 0.00609. The van der Waals surface area contributed by atoms with Crippen molar-refractivity contribution in [3.05, 3.63) is 11.6 Å². The van der Waals surface area contributed by atoms with Crippen LogP contribution in [0.1, 0.15) is 72.1 Å². The zero-order valence-corrected chi connectivity index (χ0v) is 19.6. The van der Waals surface area contributed by atoms with E-state index in [0.29, 0.717) is 19.1 Å². The van der Waals surface area contributed by atoms with E-state index in [2.05, 4.69) is 13.8 Å². The number of fused-ring (bicyclic) bond motifs is 5. The van der Waals surface area contributed by atoms with Crippen molar-refractivity contribution in [2.45, 2.75) is 95.6 Å². The van der Waals surface area contributed by atoms with Gasteiger partial charge in [0.2, 0.25) is 0 Å². The van der Waals surface area contributed by atoms with Gasteiger partial charge >= 0.3 is 12.1 Å². The maximum absolute atomic E-state index is 14.6. The highest BCUT2D eigenvalue weighted by Crippen LogP contribution is 2.68. The molecule has 188 valence electrons. The van der Waals surface area contributed by atoms with Crippen molar-refractivity contribution in [1.29, 1.82) is 0 Å². The van der Waals surface area contributed by atoms with E-state index in [1.165, 1.54) is 12.5 Å². The SMILES string of the molecule is CC1(C)COC2(CCC3C4=CC[C@@]5(C)C(CC[C@@]5(O)C(F)(F)C(F)(F)F)C4CCC3C2)OC1. The summed E-state index contributed by atoms with van der Waals surface area (Å²) in [5.74, 6) is -5.43. The Morgan fingerprint density at radius 2 is 1.58 bits per heavy atom. The van der Waals surface area contributed by atoms with Crippen molar-refractivity contribution in [3.63, 3.8) is 0 Å². The number of ether oxygens (including phenoxy) is 2. The Labute approximate surface area is 192 Å². The number of aliphatic hydroxyl groups is 1. The molecule has 3 nitrogen and oxygen atoms in total. The first-order valence-electron chi connectivity index (χ1n) is 12.3. The van der Waals surface area contributed by atoms with Gasteiger partial charge in [0.1, 0.15) is 5.60 Å². The molecule has 0 bridgehead atoms. The smallest absolute Gasteiger partial charge is 0.383 e. The third kappa shape index (κ3) is 3.29. The predicted molar refractivity (Wildman–Crippen MR) is 111 cm³/mol. The van der Waals surface area contributed by atoms with E-state index in [-0.39, 0.29) is 36.0 Å². The molecule has 0 radical (unpaired) electrons. The largest absolute Gasteiger partial charge is 0.456 e. The molecular formula is C25H35F5O3. The van der Waals surface area contributed by atoms with Gasteiger partial charge in [0, 0.05) is 23.7 Å². The van der Waals surface area contributed by atoms with Gasteiger partial charge in [-0.3, -0.25) is 0 Å². The van der Waals surface area contributed by atoms with Crippen LogP contribution in [0.25, 0.3) is 0 Å². The van der Waals surface area contributed by atoms with E-state index in [4.69, 9.17) is 9.47 Å². The van der Waals surface area contributed by atoms with Crippen LogP contribution >= 0.6 is 0 Å². The lowest BCUT2D eigenvalue weighted by Crippen LogP contribution is -2.64. The van der Waals surface area contributed by atoms with Crippen LogP contribution in [0.15, 0.2) is 11.6 Å². The molecule has 3 saturated carbocycles. The minimum atomic E-state index is -5.77. The first kappa shape index (κ1) is 24.0. The van der Waals surface area contributed by atoms with Gasteiger partial charge in [0.15, 0.2) is 5.79 Å². The molecule has 5 rings (SSSR count). The van der Waals surface area contributed by atoms with E-state index in [1.54, 1.807) is 0 Å². The van der Waals surface area contributed by atoms with E-state index >= 15 is 0 Å². The fourth-order valence-corrected chi connectivity index (χ4v) is 7.89. The molecule has 4 aliphatic carbocycles. The van der Waals surface area contributed by atoms with E-state index in [1.807, 2.05) is 6.08 Å². The quantitative estimate of drug-likeness (QED) is 0.357. The fourth-order valence-electron chi connectivity index (χ4n) is 7.89. The van der Waals surface area contributed by atoms with E-state index in [9.17, 15) is 27.1 Å². The number of alkyl halides is 5. The molecular weight excluding hydrogens is 443 g/mol. The molecule has 5 aliphatic rings. The maximum Gasteiger partial charge on any atom is 0.456 e. The molecule has 1 N–H and O–H groups in total. The molecule has 1 aliphatic heterocycles. The Kier molecular flexibility index (Phi) is 5.20. The van der Waals surface area contributed by atoms with Crippen LogP contribution in [0.4, 0.5) is 22.0 Å². The van der Waals surface area contributed by atoms with Crippen LogP contribution in [0.2, 0.25) is 0 Å². The Hall–Kier alpha value is -0.730. The van der Waals surface area contributed by atoms with Gasteiger partial charge in [-0.1, -0.05) is 32.4 Å². The summed E-state index contributed by atoms with van der Waals surface area (Å²) in [5.41, 5.74) is -3.35. The lowest BCUT2D eigenvalue weighted by atomic mass is 9.52. The second kappa shape index (κ2) is 7.16. The molecule has 1 spiro atoms. The van der Waals surface area contributed by atoms with Gasteiger partial charge in [-0.05, 0) is 62.2 Å². The van der Waals surface area contributed by atoms with Crippen molar-refractivity contribution in [1.82, 2.24) is 0 Å². The lowest BCUT2D eigenvalue weighted by Gasteiger charge is -2.56. The summed E-state index contributed by atoms with van der Waals surface area (Å²) in [5, 5.41) is 10.9. The molecule has 0 aromatic carbocycles. The number of allylic oxidation sites excluding steroid dienone is 2. The van der Waals surface area contributed by atoms with Crippen molar-refractivity contribution < 1.29 is 36.5 Å². The second-order valence-corrected chi connectivity index (χ2v) is 12.3. The summed E-state index contributed by atoms with van der Waals surface area (Å²) < 4.78 is 81.4. The first-order chi connectivity index (χ1) is 15.1. The molecule has 1 heterocycles. The van der Waals surface area contributed by atoms with Crippen molar-refractivity contribution in [2.24, 2.45) is 34.5 Å². The molecule has 0 aromatic rings. The van der Waals surface area contributed by atoms with E-state index < -0.39 is 35.3 Å². The second-order valence-electron chi connectivity index (χ2n) is 12.3. The Bertz CT molecular complexity index is 826. The number of halogens is 5. The highest BCUT2D eigenvalue weighted by molar-refractivity contribution is 5.29. The van der Waals surface area contributed by atoms with Crippen molar-refractivity contribution >= 4 is 0 Å². The van der Waals surface area contributed by atoms with Crippen molar-refractivity contribution in [3.8, 4) is 0 Å². The third-order valence-corrected chi connectivity index (χ3v) is 9.84. The maximum atomic E-state index is 14.6. The molecule has 4 unspecified atom stereocenters. The van der Waals surface area contributed by atoms with Gasteiger partial charge in [0.05, 0.1) is 13.2 Å². The van der Waals surface area contributed by atoms with Gasteiger partial charge in [-0.15, -0.1) is 0 Å². The zero-order valence-electron chi connectivity index (χ0n) is 19.6. The predicted octanol–water partition coefficient (Wildman–Crippen LogP) is 6.26. The Balaban J connectivity index is 1.38. The monoisotopic (exact) mass is 478 g/mol. The standard InChI is InChI=1S/C25H35F5O3/c1-20(2)13-32-22(33-14-20)10-7-16-15(12-22)4-5-18-17(16)6-9-21(3)19(18)8-11-23(21,31)24(26,27)25(28,29)30/h6,15-16,18-19,31H,4-5,7-14H2,1-3H3/t15?,16?,18?,19?,21-,23-/m0/s1. The number of hydrogen-bond donors (Lipinski definition) is 1. The fraction of sp³-hybridized carbons (Fsp3) is 0.920. The molecule has 4 fully saturated rings. The molecule has 8 heteroatoms. The van der Waals surface area contributed by atoms with Crippen LogP contribution in [0.5, 0.6) is 0 Å². The lowest BCUT2D eigenvalue weighted by molar-refractivity contribution is -0.361. The van der Waals surface area contributed by atoms with Crippen LogP contribution in [0.3, 0.4) is 0 Å². The zero-order chi connectivity index (χ0) is 24.1. The van der Waals surface area contributed by atoms with Gasteiger partial charge in [0.25, 0.3) is 0 Å². The highest BCUT2D eigenvalue weighted by atomic mass is 19.4. The summed E-state index contributed by atoms with van der Waals surface area (Å²) in [7, 11) is 0. The van der Waals surface area contributed by atoms with Gasteiger partial charge < -0.3 is 14.6 Å². The van der Waals surface area contributed by atoms with Gasteiger partial charge in [-0.25, -0.2) is 0 Å².